The standard InChI is InChI=1S/C20H27N5O2S/c1-6-12-25-17(14-7-9-15(10-8-14)20(2,3)4)23-24-19(25)28-13-11-16(26)22-18(27)21-5/h6-10H,1,11-13H2,2-5H3,(H2,21,22,26,27). The second-order valence-corrected chi connectivity index (χ2v) is 8.32. The summed E-state index contributed by atoms with van der Waals surface area (Å²) in [5, 5.41) is 13.9. The average Bonchev–Trinajstić information content (AvgIpc) is 3.04. The first-order valence-electron chi connectivity index (χ1n) is 9.05. The fourth-order valence-electron chi connectivity index (χ4n) is 2.51. The molecule has 0 atom stereocenters. The molecule has 0 aliphatic heterocycles. The van der Waals surface area contributed by atoms with Crippen molar-refractivity contribution in [2.45, 2.75) is 44.3 Å². The molecular formula is C20H27N5O2S. The van der Waals surface area contributed by atoms with Crippen molar-refractivity contribution in [3.63, 3.8) is 0 Å². The third kappa shape index (κ3) is 5.69. The van der Waals surface area contributed by atoms with E-state index in [1.807, 2.05) is 4.57 Å². The highest BCUT2D eigenvalue weighted by molar-refractivity contribution is 7.99. The van der Waals surface area contributed by atoms with E-state index in [0.717, 1.165) is 11.4 Å². The average molecular weight is 402 g/mol. The van der Waals surface area contributed by atoms with Crippen LogP contribution in [-0.4, -0.2) is 39.5 Å². The van der Waals surface area contributed by atoms with Crippen LogP contribution in [0.1, 0.15) is 32.8 Å². The molecule has 0 bridgehead atoms. The molecular weight excluding hydrogens is 374 g/mol. The number of urea groups is 1. The number of thioether (sulfide) groups is 1. The Morgan fingerprint density at radius 1 is 1.21 bits per heavy atom. The van der Waals surface area contributed by atoms with Gasteiger partial charge in [-0.15, -0.1) is 16.8 Å². The van der Waals surface area contributed by atoms with E-state index in [9.17, 15) is 9.59 Å². The zero-order chi connectivity index (χ0) is 20.7. The Morgan fingerprint density at radius 3 is 2.46 bits per heavy atom. The van der Waals surface area contributed by atoms with Gasteiger partial charge in [0.15, 0.2) is 11.0 Å². The van der Waals surface area contributed by atoms with Gasteiger partial charge in [0.05, 0.1) is 0 Å². The van der Waals surface area contributed by atoms with Crippen molar-refractivity contribution in [1.29, 1.82) is 0 Å². The molecule has 0 saturated carbocycles. The monoisotopic (exact) mass is 401 g/mol. The number of carbonyl (C=O) groups excluding carboxylic acids is 2. The molecule has 7 nitrogen and oxygen atoms in total. The largest absolute Gasteiger partial charge is 0.341 e. The molecule has 0 spiro atoms. The highest BCUT2D eigenvalue weighted by Crippen LogP contribution is 2.28. The van der Waals surface area contributed by atoms with Crippen LogP contribution < -0.4 is 10.6 Å². The predicted molar refractivity (Wildman–Crippen MR) is 112 cm³/mol. The van der Waals surface area contributed by atoms with E-state index in [-0.39, 0.29) is 17.7 Å². The Kier molecular flexibility index (Phi) is 7.39. The van der Waals surface area contributed by atoms with Crippen LogP contribution in [0.25, 0.3) is 11.4 Å². The molecule has 1 aromatic carbocycles. The molecule has 0 unspecified atom stereocenters. The molecule has 2 aromatic rings. The lowest BCUT2D eigenvalue weighted by atomic mass is 9.87. The molecule has 0 aliphatic carbocycles. The van der Waals surface area contributed by atoms with Crippen LogP contribution in [0.2, 0.25) is 0 Å². The van der Waals surface area contributed by atoms with Crippen molar-refractivity contribution < 1.29 is 9.59 Å². The fraction of sp³-hybridized carbons (Fsp3) is 0.400. The van der Waals surface area contributed by atoms with Gasteiger partial charge < -0.3 is 5.32 Å². The maximum Gasteiger partial charge on any atom is 0.321 e. The van der Waals surface area contributed by atoms with Gasteiger partial charge in [0, 0.05) is 31.3 Å². The third-order valence-electron chi connectivity index (χ3n) is 4.08. The zero-order valence-electron chi connectivity index (χ0n) is 16.8. The van der Waals surface area contributed by atoms with Gasteiger partial charge in [-0.1, -0.05) is 62.9 Å². The molecule has 0 saturated heterocycles. The highest BCUT2D eigenvalue weighted by atomic mass is 32.2. The minimum Gasteiger partial charge on any atom is -0.341 e. The summed E-state index contributed by atoms with van der Waals surface area (Å²) < 4.78 is 1.97. The van der Waals surface area contributed by atoms with Crippen molar-refractivity contribution in [2.24, 2.45) is 0 Å². The van der Waals surface area contributed by atoms with Crippen molar-refractivity contribution >= 4 is 23.7 Å². The Balaban J connectivity index is 2.11. The molecule has 0 aliphatic rings. The normalized spacial score (nSPS) is 11.1. The number of nitrogens with zero attached hydrogens (tertiary/aromatic N) is 3. The lowest BCUT2D eigenvalue weighted by Crippen LogP contribution is -2.37. The van der Waals surface area contributed by atoms with Crippen LogP contribution in [0.5, 0.6) is 0 Å². The minimum absolute atomic E-state index is 0.0869. The number of amides is 3. The first-order chi connectivity index (χ1) is 13.3. The Labute approximate surface area is 170 Å². The topological polar surface area (TPSA) is 88.9 Å². The minimum atomic E-state index is -0.509. The van der Waals surface area contributed by atoms with E-state index < -0.39 is 6.03 Å². The molecule has 1 aromatic heterocycles. The van der Waals surface area contributed by atoms with Gasteiger partial charge in [-0.3, -0.25) is 14.7 Å². The number of allylic oxidation sites excluding steroid dienone is 1. The summed E-state index contributed by atoms with van der Waals surface area (Å²) in [6.07, 6.45) is 1.99. The molecule has 8 heteroatoms. The molecule has 2 N–H and O–H groups in total. The number of hydrogen-bond acceptors (Lipinski definition) is 5. The van der Waals surface area contributed by atoms with Crippen LogP contribution in [0.15, 0.2) is 42.1 Å². The molecule has 2 rings (SSSR count). The zero-order valence-corrected chi connectivity index (χ0v) is 17.6. The first kappa shape index (κ1) is 21.7. The van der Waals surface area contributed by atoms with Crippen LogP contribution >= 0.6 is 11.8 Å². The maximum absolute atomic E-state index is 11.7. The summed E-state index contributed by atoms with van der Waals surface area (Å²) in [5.41, 5.74) is 2.32. The predicted octanol–water partition coefficient (Wildman–Crippen LogP) is 3.37. The van der Waals surface area contributed by atoms with Crippen LogP contribution in [0.3, 0.4) is 0 Å². The van der Waals surface area contributed by atoms with Gasteiger partial charge in [-0.2, -0.15) is 0 Å². The number of hydrogen-bond donors (Lipinski definition) is 2. The molecule has 3 amide bonds. The molecule has 1 heterocycles. The van der Waals surface area contributed by atoms with Gasteiger partial charge >= 0.3 is 6.03 Å². The van der Waals surface area contributed by atoms with E-state index in [4.69, 9.17) is 0 Å². The van der Waals surface area contributed by atoms with Crippen molar-refractivity contribution in [3.05, 3.63) is 42.5 Å². The van der Waals surface area contributed by atoms with E-state index in [1.165, 1.54) is 24.4 Å². The van der Waals surface area contributed by atoms with Gasteiger partial charge in [-0.05, 0) is 11.0 Å². The summed E-state index contributed by atoms with van der Waals surface area (Å²) in [4.78, 5) is 22.9. The van der Waals surface area contributed by atoms with E-state index in [1.54, 1.807) is 6.08 Å². The van der Waals surface area contributed by atoms with E-state index in [2.05, 4.69) is 72.4 Å². The fourth-order valence-corrected chi connectivity index (χ4v) is 3.39. The number of carbonyl (C=O) groups is 2. The number of benzene rings is 1. The molecule has 0 fully saturated rings. The summed E-state index contributed by atoms with van der Waals surface area (Å²) in [6, 6.07) is 7.81. The van der Waals surface area contributed by atoms with Gasteiger partial charge in [0.2, 0.25) is 5.91 Å². The Hall–Kier alpha value is -2.61. The van der Waals surface area contributed by atoms with Crippen LogP contribution in [0, 0.1) is 0 Å². The first-order valence-corrected chi connectivity index (χ1v) is 10.0. The third-order valence-corrected chi connectivity index (χ3v) is 5.05. The highest BCUT2D eigenvalue weighted by Gasteiger charge is 2.17. The summed E-state index contributed by atoms with van der Waals surface area (Å²) in [5.74, 6) is 0.915. The van der Waals surface area contributed by atoms with Crippen LogP contribution in [0.4, 0.5) is 4.79 Å². The molecule has 0 radical (unpaired) electrons. The summed E-state index contributed by atoms with van der Waals surface area (Å²) in [7, 11) is 1.46. The smallest absolute Gasteiger partial charge is 0.321 e. The lowest BCUT2D eigenvalue weighted by Gasteiger charge is -2.19. The maximum atomic E-state index is 11.7. The summed E-state index contributed by atoms with van der Waals surface area (Å²) >= 11 is 1.42. The lowest BCUT2D eigenvalue weighted by molar-refractivity contribution is -0.119. The quantitative estimate of drug-likeness (QED) is 0.548. The van der Waals surface area contributed by atoms with Crippen molar-refractivity contribution in [3.8, 4) is 11.4 Å². The SMILES string of the molecule is C=CCn1c(SCCC(=O)NC(=O)NC)nnc1-c1ccc(C(C)(C)C)cc1. The Bertz CT molecular complexity index is 837. The van der Waals surface area contributed by atoms with Gasteiger partial charge in [0.1, 0.15) is 0 Å². The van der Waals surface area contributed by atoms with Gasteiger partial charge in [0.25, 0.3) is 0 Å². The van der Waals surface area contributed by atoms with Crippen molar-refractivity contribution in [1.82, 2.24) is 25.4 Å². The van der Waals surface area contributed by atoms with Crippen molar-refractivity contribution in [2.75, 3.05) is 12.8 Å². The second kappa shape index (κ2) is 9.54. The number of nitrogens with one attached hydrogen (secondary N) is 2. The van der Waals surface area contributed by atoms with Gasteiger partial charge in [-0.25, -0.2) is 4.79 Å². The van der Waals surface area contributed by atoms with E-state index >= 15 is 0 Å². The van der Waals surface area contributed by atoms with Crippen LogP contribution in [-0.2, 0) is 16.8 Å². The number of rotatable bonds is 7. The Morgan fingerprint density at radius 2 is 1.89 bits per heavy atom. The number of aromatic nitrogens is 3. The second-order valence-electron chi connectivity index (χ2n) is 7.26. The number of imide groups is 1. The summed E-state index contributed by atoms with van der Waals surface area (Å²) in [6.45, 7) is 10.9. The van der Waals surface area contributed by atoms with E-state index in [0.29, 0.717) is 17.5 Å². The molecule has 150 valence electrons. The molecule has 28 heavy (non-hydrogen) atoms.